The van der Waals surface area contributed by atoms with Gasteiger partial charge in [-0.15, -0.1) is 5.10 Å². The van der Waals surface area contributed by atoms with E-state index in [1.54, 1.807) is 11.9 Å². The highest BCUT2D eigenvalue weighted by molar-refractivity contribution is 5.78. The van der Waals surface area contributed by atoms with E-state index in [0.717, 1.165) is 12.1 Å². The van der Waals surface area contributed by atoms with Gasteiger partial charge in [-0.25, -0.2) is 0 Å². The fourth-order valence-electron chi connectivity index (χ4n) is 2.46. The molecule has 1 aliphatic heterocycles. The fraction of sp³-hybridized carbons (Fsp3) is 0.429. The lowest BCUT2D eigenvalue weighted by Crippen LogP contribution is -2.48. The van der Waals surface area contributed by atoms with Crippen LogP contribution in [0.1, 0.15) is 11.4 Å². The Balaban J connectivity index is 1.82. The Hall–Kier alpha value is -2.49. The maximum absolute atomic E-state index is 12.9. The second-order valence-corrected chi connectivity index (χ2v) is 5.58. The SMILES string of the molecule is CN1CCN(Cc2nnnn2-c2cccc(C(F)(F)F)c2)CC1=O. The number of nitrogens with zero attached hydrogens (tertiary/aromatic N) is 6. The summed E-state index contributed by atoms with van der Waals surface area (Å²) in [4.78, 5) is 15.2. The van der Waals surface area contributed by atoms with Crippen LogP contribution in [0.4, 0.5) is 13.2 Å². The van der Waals surface area contributed by atoms with Crippen LogP contribution in [0.5, 0.6) is 0 Å². The van der Waals surface area contributed by atoms with Crippen LogP contribution < -0.4 is 0 Å². The summed E-state index contributed by atoms with van der Waals surface area (Å²) >= 11 is 0. The monoisotopic (exact) mass is 340 g/mol. The van der Waals surface area contributed by atoms with Gasteiger partial charge in [0.1, 0.15) is 0 Å². The first-order valence-corrected chi connectivity index (χ1v) is 7.26. The number of alkyl halides is 3. The molecule has 1 aromatic heterocycles. The molecule has 3 rings (SSSR count). The van der Waals surface area contributed by atoms with Gasteiger partial charge < -0.3 is 4.90 Å². The van der Waals surface area contributed by atoms with Crippen molar-refractivity contribution in [2.24, 2.45) is 0 Å². The van der Waals surface area contributed by atoms with Crippen molar-refractivity contribution >= 4 is 5.91 Å². The first kappa shape index (κ1) is 16.4. The molecule has 10 heteroatoms. The number of aromatic nitrogens is 4. The zero-order valence-corrected chi connectivity index (χ0v) is 12.9. The van der Waals surface area contributed by atoms with Crippen molar-refractivity contribution in [1.29, 1.82) is 0 Å². The second-order valence-electron chi connectivity index (χ2n) is 5.58. The van der Waals surface area contributed by atoms with Crippen molar-refractivity contribution in [1.82, 2.24) is 30.0 Å². The largest absolute Gasteiger partial charge is 0.416 e. The summed E-state index contributed by atoms with van der Waals surface area (Å²) in [6.07, 6.45) is -4.44. The summed E-state index contributed by atoms with van der Waals surface area (Å²) in [6.45, 7) is 1.75. The number of tetrazole rings is 1. The zero-order valence-electron chi connectivity index (χ0n) is 12.9. The molecule has 1 amide bonds. The summed E-state index contributed by atoms with van der Waals surface area (Å²) in [6, 6.07) is 4.80. The van der Waals surface area contributed by atoms with Crippen molar-refractivity contribution in [3.8, 4) is 5.69 Å². The minimum atomic E-state index is -4.44. The van der Waals surface area contributed by atoms with E-state index in [1.165, 1.54) is 16.8 Å². The maximum atomic E-state index is 12.9. The maximum Gasteiger partial charge on any atom is 0.416 e. The third-order valence-corrected chi connectivity index (χ3v) is 3.85. The molecule has 0 unspecified atom stereocenters. The number of carbonyl (C=O) groups excluding carboxylic acids is 1. The Morgan fingerprint density at radius 1 is 1.25 bits per heavy atom. The number of hydrogen-bond donors (Lipinski definition) is 0. The lowest BCUT2D eigenvalue weighted by molar-refractivity contribution is -0.137. The molecular weight excluding hydrogens is 325 g/mol. The van der Waals surface area contributed by atoms with Gasteiger partial charge in [0, 0.05) is 20.1 Å². The van der Waals surface area contributed by atoms with Gasteiger partial charge in [0.15, 0.2) is 5.82 Å². The molecule has 7 nitrogen and oxygen atoms in total. The molecule has 0 bridgehead atoms. The zero-order chi connectivity index (χ0) is 17.3. The molecule has 24 heavy (non-hydrogen) atoms. The molecule has 0 radical (unpaired) electrons. The number of amides is 1. The van der Waals surface area contributed by atoms with Gasteiger partial charge in [-0.1, -0.05) is 6.07 Å². The van der Waals surface area contributed by atoms with Crippen molar-refractivity contribution in [3.05, 3.63) is 35.7 Å². The van der Waals surface area contributed by atoms with E-state index in [-0.39, 0.29) is 24.7 Å². The number of piperazine rings is 1. The van der Waals surface area contributed by atoms with Crippen LogP contribution >= 0.6 is 0 Å². The molecule has 0 spiro atoms. The summed E-state index contributed by atoms with van der Waals surface area (Å²) in [5, 5.41) is 11.2. The average Bonchev–Trinajstić information content (AvgIpc) is 2.98. The summed E-state index contributed by atoms with van der Waals surface area (Å²) < 4.78 is 39.8. The molecule has 128 valence electrons. The lowest BCUT2D eigenvalue weighted by Gasteiger charge is -2.31. The van der Waals surface area contributed by atoms with E-state index < -0.39 is 11.7 Å². The van der Waals surface area contributed by atoms with Crippen molar-refractivity contribution in [2.45, 2.75) is 12.7 Å². The molecule has 1 aliphatic rings. The standard InChI is InChI=1S/C14H15F3N6O/c1-21-5-6-22(9-13(21)24)8-12-18-19-20-23(12)11-4-2-3-10(7-11)14(15,16)17/h2-4,7H,5-6,8-9H2,1H3. The molecular formula is C14H15F3N6O. The average molecular weight is 340 g/mol. The quantitative estimate of drug-likeness (QED) is 0.832. The van der Waals surface area contributed by atoms with Crippen molar-refractivity contribution in [2.75, 3.05) is 26.7 Å². The fourth-order valence-corrected chi connectivity index (χ4v) is 2.46. The van der Waals surface area contributed by atoms with Crippen molar-refractivity contribution in [3.63, 3.8) is 0 Å². The van der Waals surface area contributed by atoms with Crippen LogP contribution in [0, 0.1) is 0 Å². The Morgan fingerprint density at radius 2 is 2.04 bits per heavy atom. The molecule has 1 saturated heterocycles. The normalized spacial score (nSPS) is 16.7. The van der Waals surface area contributed by atoms with Gasteiger partial charge in [-0.2, -0.15) is 17.9 Å². The van der Waals surface area contributed by atoms with Crippen LogP contribution in [0.2, 0.25) is 0 Å². The minimum Gasteiger partial charge on any atom is -0.343 e. The van der Waals surface area contributed by atoms with E-state index >= 15 is 0 Å². The van der Waals surface area contributed by atoms with Crippen LogP contribution in [-0.2, 0) is 17.5 Å². The second kappa shape index (κ2) is 6.19. The van der Waals surface area contributed by atoms with Gasteiger partial charge in [0.05, 0.1) is 24.3 Å². The highest BCUT2D eigenvalue weighted by atomic mass is 19.4. The van der Waals surface area contributed by atoms with Gasteiger partial charge in [0.2, 0.25) is 5.91 Å². The third kappa shape index (κ3) is 3.37. The molecule has 0 atom stereocenters. The highest BCUT2D eigenvalue weighted by Gasteiger charge is 2.31. The summed E-state index contributed by atoms with van der Waals surface area (Å²) in [5.74, 6) is 0.367. The molecule has 0 N–H and O–H groups in total. The molecule has 2 aromatic rings. The Morgan fingerprint density at radius 3 is 2.75 bits per heavy atom. The summed E-state index contributed by atoms with van der Waals surface area (Å²) in [7, 11) is 1.73. The van der Waals surface area contributed by atoms with Crippen LogP contribution in [0.25, 0.3) is 5.69 Å². The Bertz CT molecular complexity index is 744. The van der Waals surface area contributed by atoms with Crippen molar-refractivity contribution < 1.29 is 18.0 Å². The van der Waals surface area contributed by atoms with E-state index in [0.29, 0.717) is 18.9 Å². The lowest BCUT2D eigenvalue weighted by atomic mass is 10.2. The molecule has 1 aromatic carbocycles. The van der Waals surface area contributed by atoms with Crippen LogP contribution in [-0.4, -0.2) is 62.6 Å². The molecule has 0 aliphatic carbocycles. The highest BCUT2D eigenvalue weighted by Crippen LogP contribution is 2.30. The van der Waals surface area contributed by atoms with E-state index in [9.17, 15) is 18.0 Å². The topological polar surface area (TPSA) is 67.2 Å². The number of benzene rings is 1. The van der Waals surface area contributed by atoms with E-state index in [2.05, 4.69) is 15.5 Å². The molecule has 1 fully saturated rings. The summed E-state index contributed by atoms with van der Waals surface area (Å²) in [5.41, 5.74) is -0.540. The first-order chi connectivity index (χ1) is 11.3. The number of halogens is 3. The number of rotatable bonds is 3. The molecule has 2 heterocycles. The number of carbonyl (C=O) groups is 1. The Labute approximate surface area is 135 Å². The Kier molecular flexibility index (Phi) is 4.22. The van der Waals surface area contributed by atoms with Gasteiger partial charge in [0.25, 0.3) is 0 Å². The van der Waals surface area contributed by atoms with Gasteiger partial charge >= 0.3 is 6.18 Å². The number of hydrogen-bond acceptors (Lipinski definition) is 5. The predicted molar refractivity (Wildman–Crippen MR) is 77.1 cm³/mol. The van der Waals surface area contributed by atoms with Gasteiger partial charge in [-0.05, 0) is 28.6 Å². The minimum absolute atomic E-state index is 0.0145. The third-order valence-electron chi connectivity index (χ3n) is 3.85. The smallest absolute Gasteiger partial charge is 0.343 e. The van der Waals surface area contributed by atoms with E-state index in [4.69, 9.17) is 0 Å². The van der Waals surface area contributed by atoms with Crippen LogP contribution in [0.15, 0.2) is 24.3 Å². The number of likely N-dealkylation sites (N-methyl/N-ethyl adjacent to an activating group) is 1. The van der Waals surface area contributed by atoms with Crippen LogP contribution in [0.3, 0.4) is 0 Å². The molecule has 0 saturated carbocycles. The predicted octanol–water partition coefficient (Wildman–Crippen LogP) is 0.955. The first-order valence-electron chi connectivity index (χ1n) is 7.26. The van der Waals surface area contributed by atoms with Gasteiger partial charge in [-0.3, -0.25) is 9.69 Å². The van der Waals surface area contributed by atoms with E-state index in [1.807, 2.05) is 4.90 Å².